The molecule has 2 heterocycles. The number of ether oxygens (including phenoxy) is 6. The molecule has 1 N–H and O–H groups in total. The fraction of sp³-hybridized carbons (Fsp3) is 0.464. The monoisotopic (exact) mass is 592 g/mol. The maximum atomic E-state index is 13.4. The zero-order valence-corrected chi connectivity index (χ0v) is 25.0. The van der Waals surface area contributed by atoms with E-state index in [0.29, 0.717) is 41.6 Å². The van der Waals surface area contributed by atoms with Crippen LogP contribution >= 0.6 is 11.8 Å². The molecule has 0 aliphatic carbocycles. The van der Waals surface area contributed by atoms with Gasteiger partial charge in [0.2, 0.25) is 5.75 Å². The number of aromatic amines is 1. The molecule has 0 bridgehead atoms. The van der Waals surface area contributed by atoms with E-state index in [0.717, 1.165) is 22.7 Å². The number of methoxy groups -OCH3 is 4. The molecule has 12 heteroatoms. The Kier molecular flexibility index (Phi) is 10.1. The summed E-state index contributed by atoms with van der Waals surface area (Å²) in [6.07, 6.45) is 4.75. The third kappa shape index (κ3) is 6.61. The number of thioether (sulfide) groups is 1. The summed E-state index contributed by atoms with van der Waals surface area (Å²) in [5, 5.41) is 0.768. The van der Waals surface area contributed by atoms with Gasteiger partial charge in [0.1, 0.15) is 4.90 Å². The molecular formula is C28H36N2O8S2. The minimum absolute atomic E-state index is 0.00327. The average molecular weight is 593 g/mol. The van der Waals surface area contributed by atoms with E-state index in [9.17, 15) is 8.42 Å². The molecule has 1 aromatic heterocycles. The first kappa shape index (κ1) is 29.9. The van der Waals surface area contributed by atoms with Crippen molar-refractivity contribution in [1.82, 2.24) is 9.97 Å². The van der Waals surface area contributed by atoms with Crippen LogP contribution in [0, 0.1) is 0 Å². The predicted molar refractivity (Wildman–Crippen MR) is 152 cm³/mol. The van der Waals surface area contributed by atoms with Crippen molar-refractivity contribution in [2.45, 2.75) is 48.4 Å². The summed E-state index contributed by atoms with van der Waals surface area (Å²) < 4.78 is 61.3. The maximum absolute atomic E-state index is 13.4. The zero-order valence-electron chi connectivity index (χ0n) is 23.4. The Bertz CT molecular complexity index is 1350. The molecule has 10 nitrogen and oxygen atoms in total. The molecule has 0 radical (unpaired) electrons. The number of nitrogens with zero attached hydrogens (tertiary/aromatic N) is 1. The van der Waals surface area contributed by atoms with Crippen molar-refractivity contribution in [3.05, 3.63) is 47.8 Å². The van der Waals surface area contributed by atoms with E-state index >= 15 is 0 Å². The van der Waals surface area contributed by atoms with Crippen LogP contribution in [0.1, 0.15) is 49.5 Å². The molecule has 3 aromatic rings. The Morgan fingerprint density at radius 1 is 0.925 bits per heavy atom. The SMILES string of the molecule is CCCS(=O)(=O)c1cc([C@@H]2CC[C@@H](c3cc(OC)c(OC)c(OC)c3)O2)cc(OC)c1OCCSc1ncc[nH]1. The number of sulfone groups is 1. The van der Waals surface area contributed by atoms with Crippen molar-refractivity contribution in [3.63, 3.8) is 0 Å². The largest absolute Gasteiger partial charge is 0.493 e. The van der Waals surface area contributed by atoms with E-state index < -0.39 is 9.84 Å². The van der Waals surface area contributed by atoms with Crippen molar-refractivity contribution in [2.75, 3.05) is 46.6 Å². The second-order valence-electron chi connectivity index (χ2n) is 9.11. The number of benzene rings is 2. The highest BCUT2D eigenvalue weighted by Crippen LogP contribution is 2.48. The molecule has 218 valence electrons. The number of aromatic nitrogens is 2. The highest BCUT2D eigenvalue weighted by molar-refractivity contribution is 7.99. The summed E-state index contributed by atoms with van der Waals surface area (Å²) in [5.74, 6) is 2.76. The second-order valence-corrected chi connectivity index (χ2v) is 12.3. The molecule has 0 spiro atoms. The van der Waals surface area contributed by atoms with Gasteiger partial charge in [-0.1, -0.05) is 18.7 Å². The summed E-state index contributed by atoms with van der Waals surface area (Å²) in [4.78, 5) is 7.33. The van der Waals surface area contributed by atoms with Gasteiger partial charge in [0.05, 0.1) is 53.0 Å². The molecule has 0 amide bonds. The third-order valence-corrected chi connectivity index (χ3v) is 9.35. The van der Waals surface area contributed by atoms with Gasteiger partial charge in [0.25, 0.3) is 0 Å². The van der Waals surface area contributed by atoms with Gasteiger partial charge in [-0.2, -0.15) is 0 Å². The van der Waals surface area contributed by atoms with Crippen LogP contribution in [-0.2, 0) is 14.6 Å². The van der Waals surface area contributed by atoms with E-state index in [4.69, 9.17) is 28.4 Å². The lowest BCUT2D eigenvalue weighted by Gasteiger charge is -2.21. The molecular weight excluding hydrogens is 556 g/mol. The summed E-state index contributed by atoms with van der Waals surface area (Å²) in [6, 6.07) is 7.24. The summed E-state index contributed by atoms with van der Waals surface area (Å²) in [7, 11) is 2.58. The van der Waals surface area contributed by atoms with E-state index in [-0.39, 0.29) is 35.2 Å². The fourth-order valence-electron chi connectivity index (χ4n) is 4.71. The standard InChI is InChI=1S/C28H36N2O8S2/c1-6-13-40(31,32)25-17-19(16-24(35-4)27(25)37-11-12-39-28-29-9-10-30-28)21-8-7-20(38-21)18-14-22(33-2)26(36-5)23(15-18)34-3/h9-10,14-17,20-21H,6-8,11-13H2,1-5H3,(H,29,30)/t20-,21-/m0/s1. The maximum Gasteiger partial charge on any atom is 0.203 e. The number of H-pyrrole nitrogens is 1. The second kappa shape index (κ2) is 13.5. The molecule has 2 atom stereocenters. The van der Waals surface area contributed by atoms with E-state index in [1.807, 2.05) is 25.1 Å². The molecule has 40 heavy (non-hydrogen) atoms. The van der Waals surface area contributed by atoms with Gasteiger partial charge in [-0.3, -0.25) is 0 Å². The van der Waals surface area contributed by atoms with Gasteiger partial charge in [-0.15, -0.1) is 0 Å². The average Bonchev–Trinajstić information content (AvgIpc) is 3.67. The highest BCUT2D eigenvalue weighted by atomic mass is 32.2. The minimum atomic E-state index is -3.63. The first-order valence-corrected chi connectivity index (χ1v) is 15.6. The molecule has 1 fully saturated rings. The Labute approximate surface area is 239 Å². The normalized spacial score (nSPS) is 17.0. The van der Waals surface area contributed by atoms with Crippen molar-refractivity contribution in [2.24, 2.45) is 0 Å². The topological polar surface area (TPSA) is 118 Å². The van der Waals surface area contributed by atoms with E-state index in [1.165, 1.54) is 18.9 Å². The van der Waals surface area contributed by atoms with Crippen LogP contribution in [0.5, 0.6) is 28.7 Å². The highest BCUT2D eigenvalue weighted by Gasteiger charge is 2.32. The summed E-state index contributed by atoms with van der Waals surface area (Å²) in [5.41, 5.74) is 1.61. The molecule has 4 rings (SSSR count). The lowest BCUT2D eigenvalue weighted by Crippen LogP contribution is -2.12. The number of nitrogens with one attached hydrogen (secondary N) is 1. The molecule has 2 aromatic carbocycles. The van der Waals surface area contributed by atoms with Gasteiger partial charge in [-0.25, -0.2) is 13.4 Å². The summed E-state index contributed by atoms with van der Waals surface area (Å²) in [6.45, 7) is 2.11. The van der Waals surface area contributed by atoms with Gasteiger partial charge in [-0.05, 0) is 54.7 Å². The smallest absolute Gasteiger partial charge is 0.203 e. The van der Waals surface area contributed by atoms with Crippen molar-refractivity contribution < 1.29 is 36.8 Å². The van der Waals surface area contributed by atoms with Crippen molar-refractivity contribution >= 4 is 21.6 Å². The molecule has 1 saturated heterocycles. The van der Waals surface area contributed by atoms with Crippen LogP contribution in [0.4, 0.5) is 0 Å². The van der Waals surface area contributed by atoms with Gasteiger partial charge < -0.3 is 33.4 Å². The van der Waals surface area contributed by atoms with Crippen LogP contribution in [-0.4, -0.2) is 64.9 Å². The summed E-state index contributed by atoms with van der Waals surface area (Å²) >= 11 is 1.48. The minimum Gasteiger partial charge on any atom is -0.493 e. The number of rotatable bonds is 14. The number of hydrogen-bond donors (Lipinski definition) is 1. The van der Waals surface area contributed by atoms with E-state index in [2.05, 4.69) is 9.97 Å². The first-order chi connectivity index (χ1) is 19.3. The van der Waals surface area contributed by atoms with Crippen LogP contribution in [0.25, 0.3) is 0 Å². The molecule has 0 unspecified atom stereocenters. The zero-order chi connectivity index (χ0) is 28.7. The van der Waals surface area contributed by atoms with Crippen molar-refractivity contribution in [1.29, 1.82) is 0 Å². The fourth-order valence-corrected chi connectivity index (χ4v) is 6.87. The van der Waals surface area contributed by atoms with Crippen LogP contribution in [0.2, 0.25) is 0 Å². The predicted octanol–water partition coefficient (Wildman–Crippen LogP) is 5.39. The number of hydrogen-bond acceptors (Lipinski definition) is 10. The Balaban J connectivity index is 1.61. The molecule has 1 aliphatic rings. The van der Waals surface area contributed by atoms with Crippen LogP contribution < -0.4 is 23.7 Å². The number of imidazole rings is 1. The third-order valence-electron chi connectivity index (χ3n) is 6.56. The quantitative estimate of drug-likeness (QED) is 0.193. The Hall–Kier alpha value is -3.09. The van der Waals surface area contributed by atoms with Crippen LogP contribution in [0.3, 0.4) is 0 Å². The van der Waals surface area contributed by atoms with Gasteiger partial charge in [0.15, 0.2) is 38.0 Å². The van der Waals surface area contributed by atoms with Gasteiger partial charge in [0, 0.05) is 18.1 Å². The lowest BCUT2D eigenvalue weighted by molar-refractivity contribution is 0.0435. The molecule has 0 saturated carbocycles. The van der Waals surface area contributed by atoms with E-state index in [1.54, 1.807) is 39.8 Å². The van der Waals surface area contributed by atoms with Crippen LogP contribution in [0.15, 0.2) is 46.7 Å². The molecule has 1 aliphatic heterocycles. The Morgan fingerprint density at radius 3 is 2.05 bits per heavy atom. The Morgan fingerprint density at radius 2 is 1.52 bits per heavy atom. The van der Waals surface area contributed by atoms with Crippen molar-refractivity contribution in [3.8, 4) is 28.7 Å². The lowest BCUT2D eigenvalue weighted by atomic mass is 10.0. The first-order valence-electron chi connectivity index (χ1n) is 13.0. The van der Waals surface area contributed by atoms with Gasteiger partial charge >= 0.3 is 0 Å².